The summed E-state index contributed by atoms with van der Waals surface area (Å²) in [6, 6.07) is 11.2. The molecular weight excluding hydrogens is 439 g/mol. The lowest BCUT2D eigenvalue weighted by Gasteiger charge is -2.29. The van der Waals surface area contributed by atoms with E-state index in [1.807, 2.05) is 0 Å². The van der Waals surface area contributed by atoms with Crippen LogP contribution < -0.4 is 10.6 Å². The Hall–Kier alpha value is -0.860. The molecule has 1 aliphatic rings. The Balaban J connectivity index is 0.00000338. The lowest BCUT2D eigenvalue weighted by atomic mass is 10.1. The van der Waals surface area contributed by atoms with Gasteiger partial charge in [0.1, 0.15) is 0 Å². The molecule has 0 amide bonds. The van der Waals surface area contributed by atoms with E-state index < -0.39 is 0 Å². The highest BCUT2D eigenvalue weighted by molar-refractivity contribution is 14.0. The van der Waals surface area contributed by atoms with Gasteiger partial charge < -0.3 is 15.4 Å². The highest BCUT2D eigenvalue weighted by Crippen LogP contribution is 2.24. The van der Waals surface area contributed by atoms with Gasteiger partial charge in [0.15, 0.2) is 5.96 Å². The molecule has 0 aromatic heterocycles. The zero-order valence-corrected chi connectivity index (χ0v) is 19.0. The molecule has 0 saturated carbocycles. The zero-order chi connectivity index (χ0) is 18.1. The van der Waals surface area contributed by atoms with Gasteiger partial charge in [-0.15, -0.1) is 24.0 Å². The molecule has 5 nitrogen and oxygen atoms in total. The van der Waals surface area contributed by atoms with Crippen molar-refractivity contribution >= 4 is 29.9 Å². The Kier molecular flexibility index (Phi) is 10.5. The maximum atomic E-state index is 5.47. The van der Waals surface area contributed by atoms with Crippen molar-refractivity contribution in [2.75, 3.05) is 39.8 Å². The lowest BCUT2D eigenvalue weighted by Crippen LogP contribution is -2.43. The van der Waals surface area contributed by atoms with E-state index in [4.69, 9.17) is 9.73 Å². The molecule has 1 unspecified atom stereocenters. The number of hydrogen-bond donors (Lipinski definition) is 2. The molecule has 26 heavy (non-hydrogen) atoms. The van der Waals surface area contributed by atoms with Gasteiger partial charge in [-0.3, -0.25) is 9.89 Å². The molecule has 1 atom stereocenters. The second-order valence-electron chi connectivity index (χ2n) is 7.21. The van der Waals surface area contributed by atoms with Crippen molar-refractivity contribution in [2.24, 2.45) is 4.99 Å². The van der Waals surface area contributed by atoms with Crippen molar-refractivity contribution in [1.82, 2.24) is 15.5 Å². The van der Waals surface area contributed by atoms with Crippen molar-refractivity contribution in [3.05, 3.63) is 35.9 Å². The number of methoxy groups -OCH3 is 1. The van der Waals surface area contributed by atoms with Crippen LogP contribution >= 0.6 is 24.0 Å². The van der Waals surface area contributed by atoms with Gasteiger partial charge in [-0.05, 0) is 52.3 Å². The van der Waals surface area contributed by atoms with Crippen LogP contribution in [0.15, 0.2) is 35.3 Å². The van der Waals surface area contributed by atoms with Crippen molar-refractivity contribution in [3.8, 4) is 0 Å². The minimum absolute atomic E-state index is 0. The van der Waals surface area contributed by atoms with Crippen LogP contribution in [0.2, 0.25) is 0 Å². The van der Waals surface area contributed by atoms with Crippen molar-refractivity contribution in [1.29, 1.82) is 0 Å². The molecule has 0 bridgehead atoms. The average molecular weight is 474 g/mol. The van der Waals surface area contributed by atoms with Crippen molar-refractivity contribution in [3.63, 3.8) is 0 Å². The summed E-state index contributed by atoms with van der Waals surface area (Å²) in [4.78, 5) is 7.27. The van der Waals surface area contributed by atoms with Crippen molar-refractivity contribution < 1.29 is 4.74 Å². The number of nitrogens with one attached hydrogen (secondary N) is 2. The van der Waals surface area contributed by atoms with E-state index in [2.05, 4.69) is 66.6 Å². The van der Waals surface area contributed by atoms with Gasteiger partial charge in [-0.2, -0.15) is 0 Å². The van der Waals surface area contributed by atoms with E-state index in [1.165, 1.54) is 31.5 Å². The summed E-state index contributed by atoms with van der Waals surface area (Å²) in [7, 11) is 1.73. The first-order chi connectivity index (χ1) is 12.1. The number of benzene rings is 1. The molecule has 2 rings (SSSR count). The van der Waals surface area contributed by atoms with E-state index in [9.17, 15) is 0 Å². The van der Waals surface area contributed by atoms with Crippen LogP contribution in [-0.2, 0) is 4.74 Å². The third-order valence-electron chi connectivity index (χ3n) is 4.74. The zero-order valence-electron chi connectivity index (χ0n) is 16.6. The number of aliphatic imine (C=N–C) groups is 1. The van der Waals surface area contributed by atoms with Crippen LogP contribution in [0.5, 0.6) is 0 Å². The summed E-state index contributed by atoms with van der Waals surface area (Å²) in [6.07, 6.45) is 2.58. The highest BCUT2D eigenvalue weighted by atomic mass is 127. The fourth-order valence-corrected chi connectivity index (χ4v) is 3.06. The maximum Gasteiger partial charge on any atom is 0.191 e. The van der Waals surface area contributed by atoms with Crippen LogP contribution in [0.3, 0.4) is 0 Å². The molecule has 1 aliphatic heterocycles. The second kappa shape index (κ2) is 11.8. The van der Waals surface area contributed by atoms with Crippen LogP contribution in [0, 0.1) is 0 Å². The summed E-state index contributed by atoms with van der Waals surface area (Å²) in [5.74, 6) is 0.854. The van der Waals surface area contributed by atoms with Crippen LogP contribution in [-0.4, -0.2) is 56.3 Å². The fourth-order valence-electron chi connectivity index (χ4n) is 3.06. The normalized spacial score (nSPS) is 16.8. The Morgan fingerprint density at radius 1 is 1.19 bits per heavy atom. The number of nitrogens with zero attached hydrogens (tertiary/aromatic N) is 2. The SMILES string of the molecule is CCNC(=NCC(C)(C)OC)NCC(c1ccccc1)N1CCCC1.I. The Morgan fingerprint density at radius 2 is 1.85 bits per heavy atom. The Morgan fingerprint density at radius 3 is 2.42 bits per heavy atom. The first-order valence-electron chi connectivity index (χ1n) is 9.42. The van der Waals surface area contributed by atoms with Gasteiger partial charge in [0.25, 0.3) is 0 Å². The number of guanidine groups is 1. The van der Waals surface area contributed by atoms with Gasteiger partial charge in [0, 0.05) is 20.2 Å². The van der Waals surface area contributed by atoms with Crippen LogP contribution in [0.25, 0.3) is 0 Å². The number of rotatable bonds is 8. The molecule has 1 aromatic carbocycles. The monoisotopic (exact) mass is 474 g/mol. The molecule has 1 saturated heterocycles. The predicted octanol–water partition coefficient (Wildman–Crippen LogP) is 3.42. The molecule has 0 radical (unpaired) electrons. The first kappa shape index (κ1) is 23.2. The minimum atomic E-state index is -0.254. The summed E-state index contributed by atoms with van der Waals surface area (Å²) in [5, 5.41) is 6.88. The molecule has 1 fully saturated rings. The van der Waals surface area contributed by atoms with E-state index in [-0.39, 0.29) is 29.6 Å². The number of likely N-dealkylation sites (tertiary alicyclic amines) is 1. The third kappa shape index (κ3) is 7.40. The standard InChI is InChI=1S/C20H34N4O.HI/c1-5-21-19(23-16-20(2,3)25-4)22-15-18(24-13-9-10-14-24)17-11-7-6-8-12-17;/h6-8,11-12,18H,5,9-10,13-16H2,1-4H3,(H2,21,22,23);1H. The van der Waals surface area contributed by atoms with Crippen LogP contribution in [0.4, 0.5) is 0 Å². The fraction of sp³-hybridized carbons (Fsp3) is 0.650. The lowest BCUT2D eigenvalue weighted by molar-refractivity contribution is 0.0310. The van der Waals surface area contributed by atoms with Gasteiger partial charge in [0.2, 0.25) is 0 Å². The van der Waals surface area contributed by atoms with Gasteiger partial charge in [-0.25, -0.2) is 0 Å². The van der Waals surface area contributed by atoms with E-state index in [0.29, 0.717) is 12.6 Å². The van der Waals surface area contributed by atoms with E-state index >= 15 is 0 Å². The summed E-state index contributed by atoms with van der Waals surface area (Å²) >= 11 is 0. The smallest absolute Gasteiger partial charge is 0.191 e. The summed E-state index contributed by atoms with van der Waals surface area (Å²) in [6.45, 7) is 10.9. The highest BCUT2D eigenvalue weighted by Gasteiger charge is 2.23. The van der Waals surface area contributed by atoms with E-state index in [0.717, 1.165) is 19.0 Å². The molecule has 6 heteroatoms. The number of halogens is 1. The van der Waals surface area contributed by atoms with Crippen molar-refractivity contribution in [2.45, 2.75) is 45.3 Å². The molecule has 0 aliphatic carbocycles. The first-order valence-corrected chi connectivity index (χ1v) is 9.42. The molecule has 1 heterocycles. The second-order valence-corrected chi connectivity index (χ2v) is 7.21. The third-order valence-corrected chi connectivity index (χ3v) is 4.74. The predicted molar refractivity (Wildman–Crippen MR) is 120 cm³/mol. The quantitative estimate of drug-likeness (QED) is 0.345. The molecular formula is C20H35IN4O. The maximum absolute atomic E-state index is 5.47. The molecule has 2 N–H and O–H groups in total. The number of ether oxygens (including phenoxy) is 1. The summed E-state index contributed by atoms with van der Waals surface area (Å²) < 4.78 is 5.47. The molecule has 1 aromatic rings. The Bertz CT molecular complexity index is 530. The largest absolute Gasteiger partial charge is 0.377 e. The number of hydrogen-bond acceptors (Lipinski definition) is 3. The summed E-state index contributed by atoms with van der Waals surface area (Å²) in [5.41, 5.74) is 1.11. The Labute approximate surface area is 176 Å². The van der Waals surface area contributed by atoms with E-state index in [1.54, 1.807) is 7.11 Å². The minimum Gasteiger partial charge on any atom is -0.377 e. The van der Waals surface area contributed by atoms with Gasteiger partial charge in [0.05, 0.1) is 18.2 Å². The van der Waals surface area contributed by atoms with Crippen LogP contribution in [0.1, 0.15) is 45.2 Å². The molecule has 148 valence electrons. The topological polar surface area (TPSA) is 48.9 Å². The van der Waals surface area contributed by atoms with Gasteiger partial charge in [-0.1, -0.05) is 30.3 Å². The average Bonchev–Trinajstić information content (AvgIpc) is 3.15. The van der Waals surface area contributed by atoms with Gasteiger partial charge >= 0.3 is 0 Å². The molecule has 0 spiro atoms.